The van der Waals surface area contributed by atoms with Crippen molar-refractivity contribution in [1.29, 1.82) is 0 Å². The lowest BCUT2D eigenvalue weighted by Gasteiger charge is -1.93. The Morgan fingerprint density at radius 2 is 2.25 bits per heavy atom. The van der Waals surface area contributed by atoms with E-state index in [1.165, 1.54) is 6.20 Å². The molecule has 0 radical (unpaired) electrons. The SMILES string of the molecule is Fc1cc(C=CCBr)cnc1F. The van der Waals surface area contributed by atoms with E-state index in [-0.39, 0.29) is 0 Å². The molecule has 0 aromatic carbocycles. The molecule has 1 rings (SSSR count). The predicted molar refractivity (Wildman–Crippen MR) is 47.0 cm³/mol. The Labute approximate surface area is 77.3 Å². The number of halogens is 3. The first-order chi connectivity index (χ1) is 5.74. The number of alkyl halides is 1. The van der Waals surface area contributed by atoms with Gasteiger partial charge in [-0.15, -0.1) is 0 Å². The van der Waals surface area contributed by atoms with Gasteiger partial charge in [0.25, 0.3) is 0 Å². The van der Waals surface area contributed by atoms with Crippen LogP contribution in [0.15, 0.2) is 18.3 Å². The Morgan fingerprint density at radius 3 is 2.83 bits per heavy atom. The van der Waals surface area contributed by atoms with Crippen LogP contribution in [0.5, 0.6) is 0 Å². The minimum absolute atomic E-state index is 0.549. The average Bonchev–Trinajstić information content (AvgIpc) is 2.07. The zero-order valence-electron chi connectivity index (χ0n) is 6.10. The third-order valence-electron chi connectivity index (χ3n) is 1.22. The number of allylic oxidation sites excluding steroid dienone is 1. The first kappa shape index (κ1) is 9.32. The highest BCUT2D eigenvalue weighted by atomic mass is 79.9. The Morgan fingerprint density at radius 1 is 1.50 bits per heavy atom. The van der Waals surface area contributed by atoms with Gasteiger partial charge in [0.15, 0.2) is 5.82 Å². The molecule has 0 N–H and O–H groups in total. The van der Waals surface area contributed by atoms with Gasteiger partial charge >= 0.3 is 0 Å². The van der Waals surface area contributed by atoms with Crippen LogP contribution in [0.1, 0.15) is 5.56 Å². The van der Waals surface area contributed by atoms with Crippen molar-refractivity contribution in [1.82, 2.24) is 4.98 Å². The molecule has 1 aromatic rings. The van der Waals surface area contributed by atoms with Crippen molar-refractivity contribution in [2.75, 3.05) is 5.33 Å². The summed E-state index contributed by atoms with van der Waals surface area (Å²) in [6, 6.07) is 1.10. The molecule has 0 atom stereocenters. The molecule has 0 aliphatic carbocycles. The molecular formula is C8H6BrF2N. The predicted octanol–water partition coefficient (Wildman–Crippen LogP) is 2.77. The van der Waals surface area contributed by atoms with Gasteiger partial charge in [-0.1, -0.05) is 28.1 Å². The molecule has 0 fully saturated rings. The van der Waals surface area contributed by atoms with Crippen LogP contribution in [-0.2, 0) is 0 Å². The van der Waals surface area contributed by atoms with Gasteiger partial charge in [-0.3, -0.25) is 0 Å². The third-order valence-corrected chi connectivity index (χ3v) is 1.59. The first-order valence-corrected chi connectivity index (χ1v) is 4.39. The molecule has 0 aliphatic heterocycles. The molecule has 0 unspecified atom stereocenters. The van der Waals surface area contributed by atoms with Crippen LogP contribution in [-0.4, -0.2) is 10.3 Å². The van der Waals surface area contributed by atoms with E-state index in [0.29, 0.717) is 10.9 Å². The Kier molecular flexibility index (Phi) is 3.34. The number of rotatable bonds is 2. The summed E-state index contributed by atoms with van der Waals surface area (Å²) in [7, 11) is 0. The second kappa shape index (κ2) is 4.30. The number of pyridine rings is 1. The largest absolute Gasteiger partial charge is 0.248 e. The quantitative estimate of drug-likeness (QED) is 0.566. The molecule has 0 saturated heterocycles. The smallest absolute Gasteiger partial charge is 0.225 e. The van der Waals surface area contributed by atoms with E-state index in [4.69, 9.17) is 0 Å². The summed E-state index contributed by atoms with van der Waals surface area (Å²) < 4.78 is 24.8. The lowest BCUT2D eigenvalue weighted by atomic mass is 10.2. The van der Waals surface area contributed by atoms with Crippen LogP contribution in [0.25, 0.3) is 6.08 Å². The van der Waals surface area contributed by atoms with E-state index in [9.17, 15) is 8.78 Å². The fourth-order valence-corrected chi connectivity index (χ4v) is 0.895. The maximum Gasteiger partial charge on any atom is 0.248 e. The zero-order valence-corrected chi connectivity index (χ0v) is 7.68. The summed E-state index contributed by atoms with van der Waals surface area (Å²) in [5.74, 6) is -1.99. The fourth-order valence-electron chi connectivity index (χ4n) is 0.708. The van der Waals surface area contributed by atoms with Crippen LogP contribution >= 0.6 is 15.9 Å². The zero-order chi connectivity index (χ0) is 8.97. The van der Waals surface area contributed by atoms with Gasteiger partial charge in [0.05, 0.1) is 0 Å². The van der Waals surface area contributed by atoms with Gasteiger partial charge in [0.2, 0.25) is 5.95 Å². The summed E-state index contributed by atoms with van der Waals surface area (Å²) in [4.78, 5) is 3.22. The number of hydrogen-bond acceptors (Lipinski definition) is 1. The summed E-state index contributed by atoms with van der Waals surface area (Å²) in [6.45, 7) is 0. The Bertz CT molecular complexity index is 299. The van der Waals surface area contributed by atoms with Crippen molar-refractivity contribution in [2.45, 2.75) is 0 Å². The van der Waals surface area contributed by atoms with E-state index in [2.05, 4.69) is 20.9 Å². The van der Waals surface area contributed by atoms with E-state index in [1.807, 2.05) is 0 Å². The molecule has 0 aliphatic rings. The van der Waals surface area contributed by atoms with Crippen LogP contribution in [0.4, 0.5) is 8.78 Å². The fraction of sp³-hybridized carbons (Fsp3) is 0.125. The molecule has 0 saturated carbocycles. The van der Waals surface area contributed by atoms with E-state index < -0.39 is 11.8 Å². The highest BCUT2D eigenvalue weighted by Gasteiger charge is 2.00. The van der Waals surface area contributed by atoms with E-state index in [1.54, 1.807) is 12.2 Å². The van der Waals surface area contributed by atoms with Crippen molar-refractivity contribution in [3.05, 3.63) is 35.7 Å². The first-order valence-electron chi connectivity index (χ1n) is 3.27. The molecule has 1 heterocycles. The minimum atomic E-state index is -1.06. The normalized spacial score (nSPS) is 10.9. The van der Waals surface area contributed by atoms with Gasteiger partial charge in [-0.25, -0.2) is 9.37 Å². The molecule has 1 aromatic heterocycles. The van der Waals surface area contributed by atoms with Crippen molar-refractivity contribution >= 4 is 22.0 Å². The highest BCUT2D eigenvalue weighted by Crippen LogP contribution is 2.06. The molecule has 64 valence electrons. The molecule has 0 spiro atoms. The second-order valence-electron chi connectivity index (χ2n) is 2.10. The van der Waals surface area contributed by atoms with Crippen molar-refractivity contribution in [3.63, 3.8) is 0 Å². The summed E-state index contributed by atoms with van der Waals surface area (Å²) >= 11 is 3.16. The number of nitrogens with zero attached hydrogens (tertiary/aromatic N) is 1. The highest BCUT2D eigenvalue weighted by molar-refractivity contribution is 9.09. The topological polar surface area (TPSA) is 12.9 Å². The minimum Gasteiger partial charge on any atom is -0.225 e. The summed E-state index contributed by atoms with van der Waals surface area (Å²) in [6.07, 6.45) is 4.70. The maximum absolute atomic E-state index is 12.5. The molecule has 4 heteroatoms. The third kappa shape index (κ3) is 2.37. The van der Waals surface area contributed by atoms with Crippen molar-refractivity contribution < 1.29 is 8.78 Å². The van der Waals surface area contributed by atoms with Gasteiger partial charge in [0.1, 0.15) is 0 Å². The van der Waals surface area contributed by atoms with Gasteiger partial charge < -0.3 is 0 Å². The van der Waals surface area contributed by atoms with Gasteiger partial charge in [-0.05, 0) is 11.6 Å². The Hall–Kier alpha value is -0.770. The molecule has 12 heavy (non-hydrogen) atoms. The molecular weight excluding hydrogens is 228 g/mol. The summed E-state index contributed by atoms with van der Waals surface area (Å²) in [5.41, 5.74) is 0.549. The van der Waals surface area contributed by atoms with E-state index in [0.717, 1.165) is 6.07 Å². The monoisotopic (exact) mass is 233 g/mol. The standard InChI is InChI=1S/C8H6BrF2N/c9-3-1-2-6-4-7(10)8(11)12-5-6/h1-2,4-5H,3H2. The van der Waals surface area contributed by atoms with Crippen molar-refractivity contribution in [3.8, 4) is 0 Å². The lowest BCUT2D eigenvalue weighted by molar-refractivity contribution is 0.479. The number of hydrogen-bond donors (Lipinski definition) is 0. The van der Waals surface area contributed by atoms with Crippen LogP contribution in [0, 0.1) is 11.8 Å². The van der Waals surface area contributed by atoms with E-state index >= 15 is 0 Å². The summed E-state index contributed by atoms with van der Waals surface area (Å²) in [5, 5.41) is 0.673. The van der Waals surface area contributed by atoms with Crippen LogP contribution < -0.4 is 0 Å². The van der Waals surface area contributed by atoms with Crippen LogP contribution in [0.3, 0.4) is 0 Å². The van der Waals surface area contributed by atoms with Crippen molar-refractivity contribution in [2.24, 2.45) is 0 Å². The average molecular weight is 234 g/mol. The molecule has 0 bridgehead atoms. The maximum atomic E-state index is 12.5. The second-order valence-corrected chi connectivity index (χ2v) is 2.75. The van der Waals surface area contributed by atoms with Gasteiger partial charge in [-0.2, -0.15) is 4.39 Å². The molecule has 0 amide bonds. The van der Waals surface area contributed by atoms with Gasteiger partial charge in [0, 0.05) is 11.5 Å². The lowest BCUT2D eigenvalue weighted by Crippen LogP contribution is -1.89. The molecule has 1 nitrogen and oxygen atoms in total. The number of aromatic nitrogens is 1. The Balaban J connectivity index is 2.89. The van der Waals surface area contributed by atoms with Crippen LogP contribution in [0.2, 0.25) is 0 Å².